The lowest BCUT2D eigenvalue weighted by atomic mass is 10.3. The largest absolute Gasteiger partial charge is 0.484 e. The Bertz CT molecular complexity index is 936. The van der Waals surface area contributed by atoms with Gasteiger partial charge < -0.3 is 15.0 Å². The number of anilines is 1. The second kappa shape index (κ2) is 8.35. The Morgan fingerprint density at radius 2 is 1.85 bits per heavy atom. The zero-order valence-electron chi connectivity index (χ0n) is 15.3. The third-order valence-corrected chi connectivity index (χ3v) is 5.95. The van der Waals surface area contributed by atoms with E-state index in [0.29, 0.717) is 16.3 Å². The van der Waals surface area contributed by atoms with Crippen LogP contribution in [0.2, 0.25) is 0 Å². The van der Waals surface area contributed by atoms with Gasteiger partial charge in [0.15, 0.2) is 11.7 Å². The summed E-state index contributed by atoms with van der Waals surface area (Å²) in [5.41, 5.74) is 0.453. The number of nitrogens with zero attached hydrogens (tertiary/aromatic N) is 2. The Hall–Kier alpha value is -2.66. The summed E-state index contributed by atoms with van der Waals surface area (Å²) in [5.74, 6) is -0.176. The molecule has 0 spiro atoms. The summed E-state index contributed by atoms with van der Waals surface area (Å²) in [6, 6.07) is 5.61. The van der Waals surface area contributed by atoms with Crippen molar-refractivity contribution in [2.45, 2.75) is 11.8 Å². The van der Waals surface area contributed by atoms with Crippen LogP contribution in [0.4, 0.5) is 5.13 Å². The molecule has 27 heavy (non-hydrogen) atoms. The van der Waals surface area contributed by atoms with Gasteiger partial charge in [0.1, 0.15) is 10.6 Å². The highest BCUT2D eigenvalue weighted by Crippen LogP contribution is 2.26. The normalized spacial score (nSPS) is 11.0. The van der Waals surface area contributed by atoms with Crippen molar-refractivity contribution >= 4 is 38.3 Å². The molecule has 11 heteroatoms. The van der Waals surface area contributed by atoms with E-state index in [9.17, 15) is 18.0 Å². The molecule has 2 N–H and O–H groups in total. The Morgan fingerprint density at radius 3 is 2.41 bits per heavy atom. The van der Waals surface area contributed by atoms with Crippen molar-refractivity contribution in [3.8, 4) is 5.75 Å². The van der Waals surface area contributed by atoms with E-state index >= 15 is 0 Å². The number of ether oxygens (including phenoxy) is 1. The number of sulfonamides is 1. The monoisotopic (exact) mass is 412 g/mol. The van der Waals surface area contributed by atoms with Crippen LogP contribution in [0.15, 0.2) is 29.2 Å². The van der Waals surface area contributed by atoms with Gasteiger partial charge in [-0.2, -0.15) is 0 Å². The van der Waals surface area contributed by atoms with Gasteiger partial charge in [-0.3, -0.25) is 14.3 Å². The fraction of sp³-hybridized carbons (Fsp3) is 0.312. The van der Waals surface area contributed by atoms with E-state index in [1.165, 1.54) is 36.2 Å². The maximum absolute atomic E-state index is 12.5. The van der Waals surface area contributed by atoms with Gasteiger partial charge in [-0.25, -0.2) is 13.4 Å². The molecule has 2 aromatic rings. The fourth-order valence-corrected chi connectivity index (χ4v) is 4.17. The SMILES string of the molecule is CNC(=O)COc1ccc(S(=O)(=O)Nc2nc(C)c(C(=O)N(C)C)s2)cc1. The van der Waals surface area contributed by atoms with Crippen LogP contribution in [-0.2, 0) is 14.8 Å². The summed E-state index contributed by atoms with van der Waals surface area (Å²) in [4.78, 5) is 29.1. The zero-order chi connectivity index (χ0) is 20.2. The van der Waals surface area contributed by atoms with Gasteiger partial charge >= 0.3 is 0 Å². The maximum atomic E-state index is 12.5. The first-order valence-corrected chi connectivity index (χ1v) is 10.1. The van der Waals surface area contributed by atoms with Crippen LogP contribution in [-0.4, -0.2) is 57.9 Å². The van der Waals surface area contributed by atoms with E-state index in [1.54, 1.807) is 21.0 Å². The highest BCUT2D eigenvalue weighted by molar-refractivity contribution is 7.93. The molecule has 0 radical (unpaired) electrons. The van der Waals surface area contributed by atoms with Gasteiger partial charge in [0.25, 0.3) is 21.8 Å². The van der Waals surface area contributed by atoms with Gasteiger partial charge in [0.2, 0.25) is 0 Å². The molecule has 0 saturated heterocycles. The minimum Gasteiger partial charge on any atom is -0.484 e. The molecule has 1 heterocycles. The lowest BCUT2D eigenvalue weighted by Gasteiger charge is -2.08. The van der Waals surface area contributed by atoms with Crippen LogP contribution in [0.5, 0.6) is 5.75 Å². The predicted octanol–water partition coefficient (Wildman–Crippen LogP) is 1.08. The number of aromatic nitrogens is 1. The summed E-state index contributed by atoms with van der Waals surface area (Å²) in [6.07, 6.45) is 0. The summed E-state index contributed by atoms with van der Waals surface area (Å²) in [7, 11) is 0.834. The van der Waals surface area contributed by atoms with Gasteiger partial charge in [0, 0.05) is 21.1 Å². The first-order valence-electron chi connectivity index (χ1n) is 7.79. The molecule has 9 nitrogen and oxygen atoms in total. The summed E-state index contributed by atoms with van der Waals surface area (Å²) >= 11 is 0.973. The van der Waals surface area contributed by atoms with Crippen molar-refractivity contribution in [1.29, 1.82) is 0 Å². The number of benzene rings is 1. The van der Waals surface area contributed by atoms with E-state index in [-0.39, 0.29) is 28.4 Å². The minimum atomic E-state index is -3.88. The van der Waals surface area contributed by atoms with Crippen LogP contribution >= 0.6 is 11.3 Å². The van der Waals surface area contributed by atoms with E-state index in [2.05, 4.69) is 15.0 Å². The van der Waals surface area contributed by atoms with Crippen molar-refractivity contribution < 1.29 is 22.7 Å². The highest BCUT2D eigenvalue weighted by Gasteiger charge is 2.21. The number of hydrogen-bond donors (Lipinski definition) is 2. The molecule has 0 atom stereocenters. The van der Waals surface area contributed by atoms with Crippen LogP contribution < -0.4 is 14.8 Å². The zero-order valence-corrected chi connectivity index (χ0v) is 16.9. The first-order chi connectivity index (χ1) is 12.6. The molecule has 0 bridgehead atoms. The van der Waals surface area contributed by atoms with Gasteiger partial charge in [-0.15, -0.1) is 0 Å². The average molecular weight is 412 g/mol. The van der Waals surface area contributed by atoms with Crippen molar-refractivity contribution in [3.05, 3.63) is 34.8 Å². The molecule has 0 aliphatic rings. The van der Waals surface area contributed by atoms with E-state index in [0.717, 1.165) is 11.3 Å². The third-order valence-electron chi connectivity index (χ3n) is 3.40. The van der Waals surface area contributed by atoms with Gasteiger partial charge in [-0.1, -0.05) is 11.3 Å². The van der Waals surface area contributed by atoms with Crippen molar-refractivity contribution in [2.24, 2.45) is 0 Å². The molecule has 1 aromatic heterocycles. The summed E-state index contributed by atoms with van der Waals surface area (Å²) < 4.78 is 32.6. The Kier molecular flexibility index (Phi) is 6.39. The van der Waals surface area contributed by atoms with Crippen LogP contribution in [0, 0.1) is 6.92 Å². The van der Waals surface area contributed by atoms with Gasteiger partial charge in [-0.05, 0) is 31.2 Å². The average Bonchev–Trinajstić information content (AvgIpc) is 2.98. The minimum absolute atomic E-state index is 0.00290. The van der Waals surface area contributed by atoms with E-state index in [1.807, 2.05) is 0 Å². The molecule has 0 aliphatic heterocycles. The lowest BCUT2D eigenvalue weighted by molar-refractivity contribution is -0.122. The molecule has 0 unspecified atom stereocenters. The van der Waals surface area contributed by atoms with E-state index < -0.39 is 10.0 Å². The maximum Gasteiger partial charge on any atom is 0.265 e. The number of carbonyl (C=O) groups excluding carboxylic acids is 2. The Balaban J connectivity index is 2.14. The number of aryl methyl sites for hydroxylation is 1. The molecule has 0 saturated carbocycles. The topological polar surface area (TPSA) is 118 Å². The fourth-order valence-electron chi connectivity index (χ4n) is 1.95. The smallest absolute Gasteiger partial charge is 0.265 e. The second-order valence-electron chi connectivity index (χ2n) is 5.67. The highest BCUT2D eigenvalue weighted by atomic mass is 32.2. The molecule has 146 valence electrons. The lowest BCUT2D eigenvalue weighted by Crippen LogP contribution is -2.24. The third kappa shape index (κ3) is 5.17. The quantitative estimate of drug-likeness (QED) is 0.703. The van der Waals surface area contributed by atoms with Crippen molar-refractivity contribution in [2.75, 3.05) is 32.5 Å². The molecule has 2 amide bonds. The molecular weight excluding hydrogens is 392 g/mol. The first kappa shape index (κ1) is 20.6. The number of carbonyl (C=O) groups is 2. The number of nitrogens with one attached hydrogen (secondary N) is 2. The molecule has 2 rings (SSSR count). The Labute approximate surface area is 161 Å². The number of amides is 2. The second-order valence-corrected chi connectivity index (χ2v) is 8.35. The van der Waals surface area contributed by atoms with Crippen molar-refractivity contribution in [1.82, 2.24) is 15.2 Å². The summed E-state index contributed by atoms with van der Waals surface area (Å²) in [5, 5.41) is 2.53. The van der Waals surface area contributed by atoms with Crippen LogP contribution in [0.1, 0.15) is 15.4 Å². The predicted molar refractivity (Wildman–Crippen MR) is 102 cm³/mol. The molecular formula is C16H20N4O5S2. The van der Waals surface area contributed by atoms with E-state index in [4.69, 9.17) is 4.74 Å². The number of thiazole rings is 1. The van der Waals surface area contributed by atoms with Gasteiger partial charge in [0.05, 0.1) is 10.6 Å². The van der Waals surface area contributed by atoms with Crippen LogP contribution in [0.25, 0.3) is 0 Å². The molecule has 0 aliphatic carbocycles. The number of likely N-dealkylation sites (N-methyl/N-ethyl adjacent to an activating group) is 1. The summed E-state index contributed by atoms with van der Waals surface area (Å²) in [6.45, 7) is 1.48. The standard InChI is InChI=1S/C16H20N4O5S2/c1-10-14(15(22)20(3)4)26-16(18-10)19-27(23,24)12-7-5-11(6-8-12)25-9-13(21)17-2/h5-8H,9H2,1-4H3,(H,17,21)(H,18,19). The van der Waals surface area contributed by atoms with Crippen molar-refractivity contribution in [3.63, 3.8) is 0 Å². The number of rotatable bonds is 7. The molecule has 1 aromatic carbocycles. The molecule has 0 fully saturated rings. The van der Waals surface area contributed by atoms with Crippen LogP contribution in [0.3, 0.4) is 0 Å². The Morgan fingerprint density at radius 1 is 1.22 bits per heavy atom. The number of hydrogen-bond acceptors (Lipinski definition) is 7.